The molecule has 0 amide bonds. The van der Waals surface area contributed by atoms with Crippen molar-refractivity contribution in [2.45, 2.75) is 39.0 Å². The summed E-state index contributed by atoms with van der Waals surface area (Å²) in [5, 5.41) is 8.94. The highest BCUT2D eigenvalue weighted by atomic mass is 16.4. The van der Waals surface area contributed by atoms with E-state index in [1.165, 1.54) is 11.1 Å². The molecule has 2 nitrogen and oxygen atoms in total. The summed E-state index contributed by atoms with van der Waals surface area (Å²) >= 11 is 0. The molecule has 0 aromatic heterocycles. The van der Waals surface area contributed by atoms with Gasteiger partial charge in [-0.1, -0.05) is 35.5 Å². The zero-order valence-corrected chi connectivity index (χ0v) is 10.4. The summed E-state index contributed by atoms with van der Waals surface area (Å²) in [4.78, 5) is 10.9. The van der Waals surface area contributed by atoms with Crippen LogP contribution in [0.1, 0.15) is 39.0 Å². The predicted molar refractivity (Wildman–Crippen MR) is 68.7 cm³/mol. The van der Waals surface area contributed by atoms with E-state index in [1.807, 2.05) is 0 Å². The van der Waals surface area contributed by atoms with E-state index in [0.717, 1.165) is 32.1 Å². The van der Waals surface area contributed by atoms with Crippen LogP contribution in [0.4, 0.5) is 0 Å². The Morgan fingerprint density at radius 3 is 2.71 bits per heavy atom. The Labute approximate surface area is 103 Å². The van der Waals surface area contributed by atoms with E-state index in [9.17, 15) is 4.79 Å². The number of hydrogen-bond acceptors (Lipinski definition) is 1. The van der Waals surface area contributed by atoms with E-state index in [-0.39, 0.29) is 5.92 Å². The van der Waals surface area contributed by atoms with Crippen molar-refractivity contribution in [3.63, 3.8) is 0 Å². The Kier molecular flexibility index (Phi) is 3.82. The third-order valence-electron chi connectivity index (χ3n) is 3.72. The molecule has 1 fully saturated rings. The number of allylic oxidation sites excluding steroid dienone is 6. The van der Waals surface area contributed by atoms with Crippen molar-refractivity contribution < 1.29 is 9.90 Å². The van der Waals surface area contributed by atoms with Gasteiger partial charge in [-0.3, -0.25) is 4.79 Å². The number of aliphatic carboxylic acids is 1. The first-order chi connectivity index (χ1) is 8.15. The molecule has 2 heteroatoms. The van der Waals surface area contributed by atoms with Gasteiger partial charge in [0.25, 0.3) is 0 Å². The Hall–Kier alpha value is -1.31. The summed E-state index contributed by atoms with van der Waals surface area (Å²) in [5.74, 6) is -0.215. The molecule has 0 bridgehead atoms. The molecule has 0 radical (unpaired) electrons. The first kappa shape index (κ1) is 12.2. The van der Waals surface area contributed by atoms with Gasteiger partial charge in [0, 0.05) is 0 Å². The highest BCUT2D eigenvalue weighted by molar-refractivity contribution is 5.70. The summed E-state index contributed by atoms with van der Waals surface area (Å²) in [6.07, 6.45) is 13.5. The second-order valence-electron chi connectivity index (χ2n) is 5.20. The standard InChI is InChI=1S/C15H20O2/c1-11-3-2-4-13(9-11)10-12-5-7-14(8-6-12)15(16)17/h2-4,10,13-14H,5-9H2,1H3,(H,16,17). The van der Waals surface area contributed by atoms with Crippen LogP contribution in [0.5, 0.6) is 0 Å². The smallest absolute Gasteiger partial charge is 0.306 e. The summed E-state index contributed by atoms with van der Waals surface area (Å²) in [7, 11) is 0. The maximum Gasteiger partial charge on any atom is 0.306 e. The lowest BCUT2D eigenvalue weighted by atomic mass is 9.83. The molecule has 92 valence electrons. The van der Waals surface area contributed by atoms with Gasteiger partial charge in [-0.15, -0.1) is 0 Å². The largest absolute Gasteiger partial charge is 0.481 e. The van der Waals surface area contributed by atoms with Crippen LogP contribution in [-0.4, -0.2) is 11.1 Å². The van der Waals surface area contributed by atoms with Gasteiger partial charge in [0.1, 0.15) is 0 Å². The van der Waals surface area contributed by atoms with Crippen LogP contribution in [0.15, 0.2) is 35.5 Å². The van der Waals surface area contributed by atoms with Crippen molar-refractivity contribution in [2.75, 3.05) is 0 Å². The highest BCUT2D eigenvalue weighted by Gasteiger charge is 2.22. The quantitative estimate of drug-likeness (QED) is 0.737. The summed E-state index contributed by atoms with van der Waals surface area (Å²) in [5.41, 5.74) is 2.88. The fourth-order valence-electron chi connectivity index (χ4n) is 2.69. The molecule has 1 saturated carbocycles. The average molecular weight is 232 g/mol. The van der Waals surface area contributed by atoms with Gasteiger partial charge in [0.05, 0.1) is 5.92 Å². The second-order valence-corrected chi connectivity index (χ2v) is 5.20. The maximum atomic E-state index is 10.9. The van der Waals surface area contributed by atoms with Gasteiger partial charge in [-0.05, 0) is 44.9 Å². The minimum absolute atomic E-state index is 0.115. The van der Waals surface area contributed by atoms with Crippen LogP contribution >= 0.6 is 0 Å². The first-order valence-corrected chi connectivity index (χ1v) is 6.41. The third kappa shape index (κ3) is 3.32. The molecule has 2 aliphatic carbocycles. The molecule has 0 aliphatic heterocycles. The molecule has 0 spiro atoms. The van der Waals surface area contributed by atoms with Crippen molar-refractivity contribution in [3.8, 4) is 0 Å². The Morgan fingerprint density at radius 2 is 2.12 bits per heavy atom. The van der Waals surface area contributed by atoms with Gasteiger partial charge in [-0.25, -0.2) is 0 Å². The van der Waals surface area contributed by atoms with Crippen molar-refractivity contribution in [3.05, 3.63) is 35.5 Å². The monoisotopic (exact) mass is 232 g/mol. The second kappa shape index (κ2) is 5.35. The minimum Gasteiger partial charge on any atom is -0.481 e. The van der Waals surface area contributed by atoms with Crippen LogP contribution in [0.3, 0.4) is 0 Å². The van der Waals surface area contributed by atoms with Gasteiger partial charge in [0.15, 0.2) is 0 Å². The van der Waals surface area contributed by atoms with E-state index in [0.29, 0.717) is 5.92 Å². The fraction of sp³-hybridized carbons (Fsp3) is 0.533. The van der Waals surface area contributed by atoms with E-state index in [1.54, 1.807) is 0 Å². The van der Waals surface area contributed by atoms with E-state index in [4.69, 9.17) is 5.11 Å². The molecule has 0 heterocycles. The maximum absolute atomic E-state index is 10.9. The predicted octanol–water partition coefficient (Wildman–Crippen LogP) is 3.71. The minimum atomic E-state index is -0.625. The van der Waals surface area contributed by atoms with Crippen LogP contribution < -0.4 is 0 Å². The van der Waals surface area contributed by atoms with Crippen molar-refractivity contribution >= 4 is 5.97 Å². The lowest BCUT2D eigenvalue weighted by Crippen LogP contribution is -2.18. The summed E-state index contributed by atoms with van der Waals surface area (Å²) in [6, 6.07) is 0. The molecule has 0 aromatic carbocycles. The van der Waals surface area contributed by atoms with Crippen LogP contribution in [0, 0.1) is 11.8 Å². The zero-order valence-electron chi connectivity index (χ0n) is 10.4. The Morgan fingerprint density at radius 1 is 1.41 bits per heavy atom. The van der Waals surface area contributed by atoms with Crippen LogP contribution in [0.2, 0.25) is 0 Å². The van der Waals surface area contributed by atoms with E-state index in [2.05, 4.69) is 31.2 Å². The van der Waals surface area contributed by atoms with Gasteiger partial charge < -0.3 is 5.11 Å². The summed E-state index contributed by atoms with van der Waals surface area (Å²) in [6.45, 7) is 2.16. The molecule has 0 aromatic rings. The number of carboxylic acids is 1. The number of carboxylic acid groups (broad SMARTS) is 1. The normalized spacial score (nSPS) is 28.8. The first-order valence-electron chi connectivity index (χ1n) is 6.41. The molecule has 1 atom stereocenters. The molecule has 1 unspecified atom stereocenters. The van der Waals surface area contributed by atoms with E-state index < -0.39 is 5.97 Å². The van der Waals surface area contributed by atoms with Gasteiger partial charge in [0.2, 0.25) is 0 Å². The molecule has 2 aliphatic rings. The average Bonchev–Trinajstić information content (AvgIpc) is 2.29. The topological polar surface area (TPSA) is 37.3 Å². The summed E-state index contributed by atoms with van der Waals surface area (Å²) < 4.78 is 0. The number of rotatable bonds is 2. The van der Waals surface area contributed by atoms with Gasteiger partial charge >= 0.3 is 5.97 Å². The zero-order chi connectivity index (χ0) is 12.3. The fourth-order valence-corrected chi connectivity index (χ4v) is 2.69. The SMILES string of the molecule is CC1=CC=CC(C=C2CCC(C(=O)O)CC2)C1. The van der Waals surface area contributed by atoms with Crippen molar-refractivity contribution in [2.24, 2.45) is 11.8 Å². The molecule has 2 rings (SSSR count). The third-order valence-corrected chi connectivity index (χ3v) is 3.72. The molecular weight excluding hydrogens is 212 g/mol. The number of carbonyl (C=O) groups is 1. The molecular formula is C15H20O2. The lowest BCUT2D eigenvalue weighted by Gasteiger charge is -2.22. The Balaban J connectivity index is 1.90. The number of hydrogen-bond donors (Lipinski definition) is 1. The highest BCUT2D eigenvalue weighted by Crippen LogP contribution is 2.31. The Bertz CT molecular complexity index is 378. The lowest BCUT2D eigenvalue weighted by molar-refractivity contribution is -0.142. The molecule has 17 heavy (non-hydrogen) atoms. The van der Waals surface area contributed by atoms with E-state index >= 15 is 0 Å². The van der Waals surface area contributed by atoms with Gasteiger partial charge in [-0.2, -0.15) is 0 Å². The molecule has 1 N–H and O–H groups in total. The van der Waals surface area contributed by atoms with Crippen LogP contribution in [-0.2, 0) is 4.79 Å². The van der Waals surface area contributed by atoms with Crippen molar-refractivity contribution in [1.82, 2.24) is 0 Å². The molecule has 0 saturated heterocycles. The van der Waals surface area contributed by atoms with Crippen molar-refractivity contribution in [1.29, 1.82) is 0 Å². The van der Waals surface area contributed by atoms with Crippen LogP contribution in [0.25, 0.3) is 0 Å².